The second kappa shape index (κ2) is 6.35. The molecular weight excluding hydrogens is 222 g/mol. The van der Waals surface area contributed by atoms with E-state index in [2.05, 4.69) is 29.2 Å². The Labute approximate surface area is 111 Å². The van der Waals surface area contributed by atoms with Crippen molar-refractivity contribution in [2.24, 2.45) is 0 Å². The van der Waals surface area contributed by atoms with Gasteiger partial charge in [-0.05, 0) is 44.0 Å². The van der Waals surface area contributed by atoms with Crippen LogP contribution in [0.25, 0.3) is 0 Å². The fourth-order valence-corrected chi connectivity index (χ4v) is 2.99. The van der Waals surface area contributed by atoms with Crippen molar-refractivity contribution >= 4 is 0 Å². The number of hydrogen-bond donors (Lipinski definition) is 1. The molecule has 2 heteroatoms. The van der Waals surface area contributed by atoms with Crippen molar-refractivity contribution in [2.75, 3.05) is 20.7 Å². The lowest BCUT2D eigenvalue weighted by molar-refractivity contribution is 0.171. The standard InChI is InChI=1S/C16H25NO/c1-17(2)16(12-18)15-10-8-14(9-11-15)13-6-4-3-5-7-13/h8-11,13,16,18H,3-7,12H2,1-2H3. The molecule has 0 heterocycles. The first-order chi connectivity index (χ1) is 8.72. The summed E-state index contributed by atoms with van der Waals surface area (Å²) in [6, 6.07) is 9.01. The highest BCUT2D eigenvalue weighted by atomic mass is 16.3. The van der Waals surface area contributed by atoms with Crippen LogP contribution in [0.4, 0.5) is 0 Å². The minimum absolute atomic E-state index is 0.116. The minimum atomic E-state index is 0.116. The van der Waals surface area contributed by atoms with Crippen molar-refractivity contribution in [2.45, 2.75) is 44.1 Å². The molecule has 1 aromatic carbocycles. The highest BCUT2D eigenvalue weighted by Gasteiger charge is 2.17. The zero-order chi connectivity index (χ0) is 13.0. The van der Waals surface area contributed by atoms with Crippen LogP contribution in [-0.4, -0.2) is 30.7 Å². The van der Waals surface area contributed by atoms with E-state index < -0.39 is 0 Å². The summed E-state index contributed by atoms with van der Waals surface area (Å²) in [5, 5.41) is 9.43. The first-order valence-corrected chi connectivity index (χ1v) is 7.09. The second-order valence-electron chi connectivity index (χ2n) is 5.66. The van der Waals surface area contributed by atoms with Gasteiger partial charge in [0.05, 0.1) is 12.6 Å². The fourth-order valence-electron chi connectivity index (χ4n) is 2.99. The van der Waals surface area contributed by atoms with Crippen LogP contribution in [-0.2, 0) is 0 Å². The average Bonchev–Trinajstić information content (AvgIpc) is 2.41. The Morgan fingerprint density at radius 3 is 2.22 bits per heavy atom. The molecule has 0 aromatic heterocycles. The number of hydrogen-bond acceptors (Lipinski definition) is 2. The summed E-state index contributed by atoms with van der Waals surface area (Å²) in [7, 11) is 4.02. The molecule has 0 spiro atoms. The molecule has 2 rings (SSSR count). The molecule has 1 aliphatic rings. The molecule has 1 aromatic rings. The topological polar surface area (TPSA) is 23.5 Å². The van der Waals surface area contributed by atoms with Gasteiger partial charge in [0.1, 0.15) is 0 Å². The van der Waals surface area contributed by atoms with Gasteiger partial charge in [-0.15, -0.1) is 0 Å². The van der Waals surface area contributed by atoms with Crippen LogP contribution < -0.4 is 0 Å². The summed E-state index contributed by atoms with van der Waals surface area (Å²) in [4.78, 5) is 2.07. The van der Waals surface area contributed by atoms with Gasteiger partial charge in [-0.3, -0.25) is 0 Å². The third-order valence-corrected chi connectivity index (χ3v) is 4.19. The maximum absolute atomic E-state index is 9.43. The molecule has 0 saturated heterocycles. The van der Waals surface area contributed by atoms with Crippen molar-refractivity contribution in [1.29, 1.82) is 0 Å². The summed E-state index contributed by atoms with van der Waals surface area (Å²) in [5.74, 6) is 0.764. The van der Waals surface area contributed by atoms with Crippen LogP contribution in [0.3, 0.4) is 0 Å². The van der Waals surface area contributed by atoms with E-state index in [0.29, 0.717) is 0 Å². The highest BCUT2D eigenvalue weighted by molar-refractivity contribution is 5.27. The molecule has 1 unspecified atom stereocenters. The van der Waals surface area contributed by atoms with E-state index in [4.69, 9.17) is 0 Å². The molecule has 0 aliphatic heterocycles. The summed E-state index contributed by atoms with van der Waals surface area (Å²) < 4.78 is 0. The Balaban J connectivity index is 2.08. The quantitative estimate of drug-likeness (QED) is 0.882. The van der Waals surface area contributed by atoms with Crippen molar-refractivity contribution in [3.05, 3.63) is 35.4 Å². The maximum atomic E-state index is 9.43. The Hall–Kier alpha value is -0.860. The van der Waals surface area contributed by atoms with E-state index in [1.54, 1.807) is 0 Å². The zero-order valence-electron chi connectivity index (χ0n) is 11.6. The van der Waals surface area contributed by atoms with Crippen LogP contribution in [0.5, 0.6) is 0 Å². The molecule has 1 N–H and O–H groups in total. The minimum Gasteiger partial charge on any atom is -0.394 e. The van der Waals surface area contributed by atoms with Crippen molar-refractivity contribution < 1.29 is 5.11 Å². The van der Waals surface area contributed by atoms with Crippen LogP contribution in [0.2, 0.25) is 0 Å². The smallest absolute Gasteiger partial charge is 0.0628 e. The van der Waals surface area contributed by atoms with Gasteiger partial charge in [-0.2, -0.15) is 0 Å². The van der Waals surface area contributed by atoms with Crippen LogP contribution in [0.1, 0.15) is 55.2 Å². The van der Waals surface area contributed by atoms with E-state index in [-0.39, 0.29) is 12.6 Å². The predicted octanol–water partition coefficient (Wildman–Crippen LogP) is 3.33. The van der Waals surface area contributed by atoms with Gasteiger partial charge in [0.2, 0.25) is 0 Å². The molecular formula is C16H25NO. The number of nitrogens with zero attached hydrogens (tertiary/aromatic N) is 1. The van der Waals surface area contributed by atoms with Crippen molar-refractivity contribution in [3.63, 3.8) is 0 Å². The molecule has 2 nitrogen and oxygen atoms in total. The van der Waals surface area contributed by atoms with Crippen molar-refractivity contribution in [1.82, 2.24) is 4.90 Å². The van der Waals surface area contributed by atoms with E-state index >= 15 is 0 Å². The van der Waals surface area contributed by atoms with E-state index in [9.17, 15) is 5.11 Å². The summed E-state index contributed by atoms with van der Waals surface area (Å²) in [6.45, 7) is 0.176. The lowest BCUT2D eigenvalue weighted by Gasteiger charge is -2.25. The average molecular weight is 247 g/mol. The number of benzene rings is 1. The van der Waals surface area contributed by atoms with Gasteiger partial charge >= 0.3 is 0 Å². The molecule has 1 aliphatic carbocycles. The first kappa shape index (κ1) is 13.6. The molecule has 18 heavy (non-hydrogen) atoms. The normalized spacial score (nSPS) is 19.1. The molecule has 0 amide bonds. The number of aliphatic hydroxyl groups excluding tert-OH is 1. The number of likely N-dealkylation sites (N-methyl/N-ethyl adjacent to an activating group) is 1. The summed E-state index contributed by atoms with van der Waals surface area (Å²) >= 11 is 0. The van der Waals surface area contributed by atoms with E-state index in [0.717, 1.165) is 5.92 Å². The van der Waals surface area contributed by atoms with Crippen LogP contribution in [0.15, 0.2) is 24.3 Å². The Kier molecular flexibility index (Phi) is 4.79. The van der Waals surface area contributed by atoms with Gasteiger partial charge in [0.25, 0.3) is 0 Å². The van der Waals surface area contributed by atoms with Gasteiger partial charge < -0.3 is 10.0 Å². The number of aliphatic hydroxyl groups is 1. The molecule has 1 fully saturated rings. The SMILES string of the molecule is CN(C)C(CO)c1ccc(C2CCCCC2)cc1. The molecule has 1 atom stereocenters. The highest BCUT2D eigenvalue weighted by Crippen LogP contribution is 2.33. The second-order valence-corrected chi connectivity index (χ2v) is 5.66. The van der Waals surface area contributed by atoms with Crippen LogP contribution >= 0.6 is 0 Å². The molecule has 100 valence electrons. The molecule has 0 bridgehead atoms. The largest absolute Gasteiger partial charge is 0.394 e. The predicted molar refractivity (Wildman–Crippen MR) is 75.8 cm³/mol. The van der Waals surface area contributed by atoms with Gasteiger partial charge in [0.15, 0.2) is 0 Å². The lowest BCUT2D eigenvalue weighted by Crippen LogP contribution is -2.23. The third-order valence-electron chi connectivity index (χ3n) is 4.19. The van der Waals surface area contributed by atoms with Crippen LogP contribution in [0, 0.1) is 0 Å². The first-order valence-electron chi connectivity index (χ1n) is 7.09. The third kappa shape index (κ3) is 3.12. The fraction of sp³-hybridized carbons (Fsp3) is 0.625. The molecule has 1 saturated carbocycles. The Morgan fingerprint density at radius 1 is 1.11 bits per heavy atom. The van der Waals surface area contributed by atoms with Crippen molar-refractivity contribution in [3.8, 4) is 0 Å². The zero-order valence-corrected chi connectivity index (χ0v) is 11.6. The Bertz CT molecular complexity index is 352. The Morgan fingerprint density at radius 2 is 1.72 bits per heavy atom. The summed E-state index contributed by atoms with van der Waals surface area (Å²) in [6.07, 6.45) is 6.85. The number of rotatable bonds is 4. The lowest BCUT2D eigenvalue weighted by atomic mass is 9.83. The van der Waals surface area contributed by atoms with E-state index in [1.165, 1.54) is 43.2 Å². The summed E-state index contributed by atoms with van der Waals surface area (Å²) in [5.41, 5.74) is 2.69. The van der Waals surface area contributed by atoms with Gasteiger partial charge in [0, 0.05) is 0 Å². The molecule has 0 radical (unpaired) electrons. The van der Waals surface area contributed by atoms with Gasteiger partial charge in [-0.25, -0.2) is 0 Å². The maximum Gasteiger partial charge on any atom is 0.0628 e. The monoisotopic (exact) mass is 247 g/mol. The van der Waals surface area contributed by atoms with E-state index in [1.807, 2.05) is 14.1 Å². The van der Waals surface area contributed by atoms with Gasteiger partial charge in [-0.1, -0.05) is 43.5 Å².